The first kappa shape index (κ1) is 11.5. The van der Waals surface area contributed by atoms with Crippen molar-refractivity contribution in [3.05, 3.63) is 39.4 Å². The monoisotopic (exact) mass is 236 g/mol. The second kappa shape index (κ2) is 4.14. The second-order valence-corrected chi connectivity index (χ2v) is 4.09. The SMILES string of the molecule is CC(=O)NC1c2cc([N+](=O)[O-])ccc2CC1O. The maximum atomic E-state index is 11.0. The molecule has 6 heteroatoms. The smallest absolute Gasteiger partial charge is 0.269 e. The lowest BCUT2D eigenvalue weighted by Gasteiger charge is -2.16. The van der Waals surface area contributed by atoms with Crippen LogP contribution in [0.15, 0.2) is 18.2 Å². The van der Waals surface area contributed by atoms with Crippen LogP contribution in [0.3, 0.4) is 0 Å². The van der Waals surface area contributed by atoms with E-state index in [1.165, 1.54) is 19.1 Å². The number of nitro benzene ring substituents is 1. The molecule has 0 bridgehead atoms. The Labute approximate surface area is 97.4 Å². The summed E-state index contributed by atoms with van der Waals surface area (Å²) in [6.07, 6.45) is -0.325. The largest absolute Gasteiger partial charge is 0.390 e. The van der Waals surface area contributed by atoms with E-state index in [0.29, 0.717) is 12.0 Å². The Balaban J connectivity index is 2.39. The van der Waals surface area contributed by atoms with Crippen molar-refractivity contribution in [1.29, 1.82) is 0 Å². The first-order chi connectivity index (χ1) is 7.99. The summed E-state index contributed by atoms with van der Waals surface area (Å²) in [5.41, 5.74) is 1.43. The Morgan fingerprint density at radius 2 is 2.29 bits per heavy atom. The van der Waals surface area contributed by atoms with Gasteiger partial charge in [0.05, 0.1) is 17.1 Å². The van der Waals surface area contributed by atoms with Crippen LogP contribution in [-0.4, -0.2) is 22.0 Å². The van der Waals surface area contributed by atoms with Crippen LogP contribution in [0.2, 0.25) is 0 Å². The number of aliphatic hydroxyl groups excluding tert-OH is 1. The number of amides is 1. The highest BCUT2D eigenvalue weighted by molar-refractivity contribution is 5.74. The summed E-state index contributed by atoms with van der Waals surface area (Å²) < 4.78 is 0. The van der Waals surface area contributed by atoms with E-state index in [0.717, 1.165) is 5.56 Å². The fourth-order valence-corrected chi connectivity index (χ4v) is 2.11. The van der Waals surface area contributed by atoms with Gasteiger partial charge >= 0.3 is 0 Å². The number of benzene rings is 1. The number of nitro groups is 1. The summed E-state index contributed by atoms with van der Waals surface area (Å²) in [4.78, 5) is 21.2. The highest BCUT2D eigenvalue weighted by Gasteiger charge is 2.32. The van der Waals surface area contributed by atoms with Gasteiger partial charge in [0.2, 0.25) is 5.91 Å². The van der Waals surface area contributed by atoms with E-state index >= 15 is 0 Å². The van der Waals surface area contributed by atoms with E-state index in [4.69, 9.17) is 0 Å². The van der Waals surface area contributed by atoms with Gasteiger partial charge in [0.1, 0.15) is 0 Å². The van der Waals surface area contributed by atoms with Crippen molar-refractivity contribution in [3.63, 3.8) is 0 Å². The molecule has 0 radical (unpaired) electrons. The highest BCUT2D eigenvalue weighted by atomic mass is 16.6. The van der Waals surface area contributed by atoms with E-state index in [1.807, 2.05) is 0 Å². The van der Waals surface area contributed by atoms with Crippen molar-refractivity contribution in [2.45, 2.75) is 25.5 Å². The molecule has 1 amide bonds. The summed E-state index contributed by atoms with van der Waals surface area (Å²) >= 11 is 0. The zero-order valence-corrected chi connectivity index (χ0v) is 9.21. The fourth-order valence-electron chi connectivity index (χ4n) is 2.11. The van der Waals surface area contributed by atoms with Gasteiger partial charge in [0.25, 0.3) is 5.69 Å². The first-order valence-corrected chi connectivity index (χ1v) is 5.21. The molecule has 0 aromatic heterocycles. The van der Waals surface area contributed by atoms with E-state index in [1.54, 1.807) is 6.07 Å². The molecule has 1 aromatic rings. The lowest BCUT2D eigenvalue weighted by Crippen LogP contribution is -2.32. The van der Waals surface area contributed by atoms with Crippen molar-refractivity contribution >= 4 is 11.6 Å². The number of non-ortho nitro benzene ring substituents is 1. The molecule has 0 saturated carbocycles. The fraction of sp³-hybridized carbons (Fsp3) is 0.364. The zero-order chi connectivity index (χ0) is 12.6. The molecule has 0 saturated heterocycles. The Bertz CT molecular complexity index is 486. The summed E-state index contributed by atoms with van der Waals surface area (Å²) in [6, 6.07) is 3.88. The van der Waals surface area contributed by atoms with Gasteiger partial charge in [0.15, 0.2) is 0 Å². The number of carbonyl (C=O) groups excluding carboxylic acids is 1. The van der Waals surface area contributed by atoms with Gasteiger partial charge < -0.3 is 10.4 Å². The van der Waals surface area contributed by atoms with Gasteiger partial charge in [-0.3, -0.25) is 14.9 Å². The molecule has 90 valence electrons. The second-order valence-electron chi connectivity index (χ2n) is 4.09. The minimum Gasteiger partial charge on any atom is -0.390 e. The topological polar surface area (TPSA) is 92.5 Å². The molecule has 2 unspecified atom stereocenters. The average molecular weight is 236 g/mol. The van der Waals surface area contributed by atoms with Crippen molar-refractivity contribution in [2.75, 3.05) is 0 Å². The summed E-state index contributed by atoms with van der Waals surface area (Å²) in [5, 5.41) is 23.1. The van der Waals surface area contributed by atoms with Gasteiger partial charge in [-0.2, -0.15) is 0 Å². The predicted octanol–water partition coefficient (Wildman–Crippen LogP) is 0.689. The molecular weight excluding hydrogens is 224 g/mol. The number of hydrogen-bond acceptors (Lipinski definition) is 4. The van der Waals surface area contributed by atoms with Crippen LogP contribution in [-0.2, 0) is 11.2 Å². The third kappa shape index (κ3) is 2.12. The Morgan fingerprint density at radius 3 is 2.88 bits per heavy atom. The van der Waals surface area contributed by atoms with E-state index < -0.39 is 17.1 Å². The third-order valence-corrected chi connectivity index (χ3v) is 2.85. The van der Waals surface area contributed by atoms with Crippen molar-refractivity contribution < 1.29 is 14.8 Å². The molecular formula is C11H12N2O4. The normalized spacial score (nSPS) is 22.0. The first-order valence-electron chi connectivity index (χ1n) is 5.21. The number of nitrogens with one attached hydrogen (secondary N) is 1. The van der Waals surface area contributed by atoms with E-state index in [2.05, 4.69) is 5.32 Å². The molecule has 1 aliphatic carbocycles. The molecule has 2 rings (SSSR count). The van der Waals surface area contributed by atoms with E-state index in [-0.39, 0.29) is 11.6 Å². The van der Waals surface area contributed by atoms with Gasteiger partial charge in [-0.1, -0.05) is 6.07 Å². The number of fused-ring (bicyclic) bond motifs is 1. The van der Waals surface area contributed by atoms with Crippen LogP contribution >= 0.6 is 0 Å². The lowest BCUT2D eigenvalue weighted by atomic mass is 10.1. The Hall–Kier alpha value is -1.95. The predicted molar refractivity (Wildman–Crippen MR) is 59.4 cm³/mol. The van der Waals surface area contributed by atoms with Crippen molar-refractivity contribution in [2.24, 2.45) is 0 Å². The summed E-state index contributed by atoms with van der Waals surface area (Å²) in [5.74, 6) is -0.270. The van der Waals surface area contributed by atoms with Crippen molar-refractivity contribution in [1.82, 2.24) is 5.32 Å². The third-order valence-electron chi connectivity index (χ3n) is 2.85. The minimum atomic E-state index is -0.726. The number of nitrogens with zero attached hydrogens (tertiary/aromatic N) is 1. The van der Waals surface area contributed by atoms with Crippen LogP contribution in [0.1, 0.15) is 24.1 Å². The molecule has 2 atom stereocenters. The minimum absolute atomic E-state index is 0.0341. The molecule has 2 N–H and O–H groups in total. The van der Waals surface area contributed by atoms with Crippen LogP contribution < -0.4 is 5.32 Å². The number of rotatable bonds is 2. The molecule has 0 heterocycles. The van der Waals surface area contributed by atoms with Crippen LogP contribution in [0, 0.1) is 10.1 Å². The van der Waals surface area contributed by atoms with Gasteiger partial charge in [-0.05, 0) is 11.1 Å². The lowest BCUT2D eigenvalue weighted by molar-refractivity contribution is -0.384. The Morgan fingerprint density at radius 1 is 1.59 bits per heavy atom. The van der Waals surface area contributed by atoms with Crippen LogP contribution in [0.25, 0.3) is 0 Å². The molecule has 1 aliphatic rings. The Kier molecular flexibility index (Phi) is 2.81. The van der Waals surface area contributed by atoms with E-state index in [9.17, 15) is 20.0 Å². The van der Waals surface area contributed by atoms with Crippen LogP contribution in [0.5, 0.6) is 0 Å². The maximum Gasteiger partial charge on any atom is 0.269 e. The van der Waals surface area contributed by atoms with Gasteiger partial charge in [-0.15, -0.1) is 0 Å². The number of carbonyl (C=O) groups is 1. The summed E-state index contributed by atoms with van der Waals surface area (Å²) in [6.45, 7) is 1.35. The zero-order valence-electron chi connectivity index (χ0n) is 9.21. The standard InChI is InChI=1S/C11H12N2O4/c1-6(14)12-11-9-5-8(13(16)17)3-2-7(9)4-10(11)15/h2-3,5,10-11,15H,4H2,1H3,(H,12,14). The number of aliphatic hydroxyl groups is 1. The quantitative estimate of drug-likeness (QED) is 0.583. The molecule has 1 aromatic carbocycles. The maximum absolute atomic E-state index is 11.0. The highest BCUT2D eigenvalue weighted by Crippen LogP contribution is 2.33. The molecule has 6 nitrogen and oxygen atoms in total. The van der Waals surface area contributed by atoms with Gasteiger partial charge in [0, 0.05) is 25.5 Å². The average Bonchev–Trinajstić information content (AvgIpc) is 2.54. The molecule has 0 spiro atoms. The van der Waals surface area contributed by atoms with Crippen LogP contribution in [0.4, 0.5) is 5.69 Å². The summed E-state index contributed by atoms with van der Waals surface area (Å²) in [7, 11) is 0. The number of hydrogen-bond donors (Lipinski definition) is 2. The molecule has 0 aliphatic heterocycles. The van der Waals surface area contributed by atoms with Crippen molar-refractivity contribution in [3.8, 4) is 0 Å². The van der Waals surface area contributed by atoms with Gasteiger partial charge in [-0.25, -0.2) is 0 Å². The molecule has 0 fully saturated rings. The molecule has 17 heavy (non-hydrogen) atoms.